The first-order valence-corrected chi connectivity index (χ1v) is 6.70. The Morgan fingerprint density at radius 3 is 3.11 bits per heavy atom. The summed E-state index contributed by atoms with van der Waals surface area (Å²) in [5.74, 6) is -0.103. The molecule has 0 aliphatic heterocycles. The van der Waals surface area contributed by atoms with Crippen molar-refractivity contribution in [3.05, 3.63) is 34.5 Å². The van der Waals surface area contributed by atoms with E-state index in [0.29, 0.717) is 17.9 Å². The van der Waals surface area contributed by atoms with Crippen LogP contribution in [-0.4, -0.2) is 15.5 Å². The quantitative estimate of drug-likeness (QED) is 0.865. The van der Waals surface area contributed by atoms with Crippen molar-refractivity contribution in [1.82, 2.24) is 14.9 Å². The van der Waals surface area contributed by atoms with Crippen molar-refractivity contribution in [2.24, 2.45) is 0 Å². The van der Waals surface area contributed by atoms with Gasteiger partial charge < -0.3 is 15.6 Å². The van der Waals surface area contributed by atoms with E-state index >= 15 is 0 Å². The van der Waals surface area contributed by atoms with Crippen molar-refractivity contribution in [3.8, 4) is 0 Å². The lowest BCUT2D eigenvalue weighted by Gasteiger charge is -2.07. The summed E-state index contributed by atoms with van der Waals surface area (Å²) in [6, 6.07) is 1.71. The Bertz CT molecular complexity index is 518. The molecule has 2 aromatic rings. The standard InChI is InChI=1S/C12H16N4OS/c1-2-3-16-7-9(13)4-11(16)12(17)15-6-10-5-14-8-18-10/h4-5,7-8H,2-3,6,13H2,1H3,(H,15,17). The van der Waals surface area contributed by atoms with Gasteiger partial charge in [-0.25, -0.2) is 0 Å². The number of nitrogens with zero attached hydrogens (tertiary/aromatic N) is 2. The van der Waals surface area contributed by atoms with Crippen LogP contribution in [0.25, 0.3) is 0 Å². The van der Waals surface area contributed by atoms with Crippen LogP contribution in [0.4, 0.5) is 5.69 Å². The highest BCUT2D eigenvalue weighted by molar-refractivity contribution is 7.09. The minimum atomic E-state index is -0.103. The SMILES string of the molecule is CCCn1cc(N)cc1C(=O)NCc1cncs1. The molecule has 0 radical (unpaired) electrons. The molecule has 0 spiro atoms. The fourth-order valence-electron chi connectivity index (χ4n) is 1.74. The van der Waals surface area contributed by atoms with Gasteiger partial charge in [0.05, 0.1) is 17.7 Å². The van der Waals surface area contributed by atoms with Crippen LogP contribution in [-0.2, 0) is 13.1 Å². The molecule has 96 valence electrons. The van der Waals surface area contributed by atoms with Crippen LogP contribution >= 0.6 is 11.3 Å². The Morgan fingerprint density at radius 2 is 2.44 bits per heavy atom. The first-order chi connectivity index (χ1) is 8.70. The van der Waals surface area contributed by atoms with Crippen LogP contribution in [0.3, 0.4) is 0 Å². The number of anilines is 1. The zero-order valence-corrected chi connectivity index (χ0v) is 11.0. The second-order valence-corrected chi connectivity index (χ2v) is 4.97. The van der Waals surface area contributed by atoms with Gasteiger partial charge in [0.15, 0.2) is 0 Å². The zero-order valence-electron chi connectivity index (χ0n) is 10.2. The van der Waals surface area contributed by atoms with Gasteiger partial charge in [-0.15, -0.1) is 11.3 Å². The van der Waals surface area contributed by atoms with Gasteiger partial charge in [0.2, 0.25) is 0 Å². The lowest BCUT2D eigenvalue weighted by molar-refractivity contribution is 0.0942. The number of nitrogens with two attached hydrogens (primary N) is 1. The Kier molecular flexibility index (Phi) is 3.99. The van der Waals surface area contributed by atoms with Crippen molar-refractivity contribution in [2.75, 3.05) is 5.73 Å². The summed E-state index contributed by atoms with van der Waals surface area (Å²) in [4.78, 5) is 17.0. The van der Waals surface area contributed by atoms with Crippen LogP contribution in [0, 0.1) is 0 Å². The molecule has 2 rings (SSSR count). The highest BCUT2D eigenvalue weighted by Gasteiger charge is 2.12. The van der Waals surface area contributed by atoms with E-state index in [2.05, 4.69) is 17.2 Å². The Morgan fingerprint density at radius 1 is 1.61 bits per heavy atom. The lowest BCUT2D eigenvalue weighted by atomic mass is 10.3. The van der Waals surface area contributed by atoms with Gasteiger partial charge in [0.25, 0.3) is 5.91 Å². The van der Waals surface area contributed by atoms with Gasteiger partial charge in [-0.05, 0) is 12.5 Å². The maximum atomic E-state index is 12.0. The predicted molar refractivity (Wildman–Crippen MR) is 72.4 cm³/mol. The summed E-state index contributed by atoms with van der Waals surface area (Å²) in [5.41, 5.74) is 8.71. The topological polar surface area (TPSA) is 72.9 Å². The second-order valence-electron chi connectivity index (χ2n) is 4.00. The highest BCUT2D eigenvalue weighted by Crippen LogP contribution is 2.12. The molecule has 0 saturated heterocycles. The number of carbonyl (C=O) groups excluding carboxylic acids is 1. The summed E-state index contributed by atoms with van der Waals surface area (Å²) >= 11 is 1.52. The molecule has 0 fully saturated rings. The molecule has 2 aromatic heterocycles. The van der Waals surface area contributed by atoms with Crippen LogP contribution in [0.15, 0.2) is 24.0 Å². The number of nitrogen functional groups attached to an aromatic ring is 1. The Balaban J connectivity index is 2.03. The highest BCUT2D eigenvalue weighted by atomic mass is 32.1. The fraction of sp³-hybridized carbons (Fsp3) is 0.333. The molecule has 5 nitrogen and oxygen atoms in total. The molecule has 0 unspecified atom stereocenters. The molecule has 0 atom stereocenters. The van der Waals surface area contributed by atoms with Crippen molar-refractivity contribution >= 4 is 22.9 Å². The molecule has 0 saturated carbocycles. The van der Waals surface area contributed by atoms with Gasteiger partial charge in [-0.2, -0.15) is 0 Å². The van der Waals surface area contributed by atoms with Gasteiger partial charge in [0.1, 0.15) is 5.69 Å². The molecular weight excluding hydrogens is 248 g/mol. The predicted octanol–water partition coefficient (Wildman–Crippen LogP) is 1.87. The number of rotatable bonds is 5. The smallest absolute Gasteiger partial charge is 0.268 e. The number of carbonyl (C=O) groups is 1. The minimum absolute atomic E-state index is 0.103. The van der Waals surface area contributed by atoms with E-state index in [1.807, 2.05) is 4.57 Å². The van der Waals surface area contributed by atoms with E-state index in [0.717, 1.165) is 17.8 Å². The molecule has 0 bridgehead atoms. The van der Waals surface area contributed by atoms with Crippen molar-refractivity contribution in [2.45, 2.75) is 26.4 Å². The number of amides is 1. The molecule has 0 aromatic carbocycles. The Labute approximate surface area is 110 Å². The van der Waals surface area contributed by atoms with Crippen molar-refractivity contribution < 1.29 is 4.79 Å². The molecule has 1 amide bonds. The number of nitrogens with one attached hydrogen (secondary N) is 1. The third-order valence-corrected chi connectivity index (χ3v) is 3.30. The second kappa shape index (κ2) is 5.68. The summed E-state index contributed by atoms with van der Waals surface area (Å²) in [6.45, 7) is 3.36. The van der Waals surface area contributed by atoms with E-state index in [9.17, 15) is 4.79 Å². The average molecular weight is 264 g/mol. The summed E-state index contributed by atoms with van der Waals surface area (Å²) < 4.78 is 1.89. The molecule has 18 heavy (non-hydrogen) atoms. The summed E-state index contributed by atoms with van der Waals surface area (Å²) in [5, 5.41) is 2.87. The van der Waals surface area contributed by atoms with Gasteiger partial charge in [0, 0.05) is 23.8 Å². The third kappa shape index (κ3) is 2.89. The fourth-order valence-corrected chi connectivity index (χ4v) is 2.27. The van der Waals surface area contributed by atoms with Crippen LogP contribution in [0.5, 0.6) is 0 Å². The molecule has 6 heteroatoms. The molecule has 2 heterocycles. The van der Waals surface area contributed by atoms with Crippen LogP contribution < -0.4 is 11.1 Å². The largest absolute Gasteiger partial charge is 0.397 e. The van der Waals surface area contributed by atoms with E-state index in [1.165, 1.54) is 11.3 Å². The average Bonchev–Trinajstić information content (AvgIpc) is 2.96. The Hall–Kier alpha value is -1.82. The zero-order chi connectivity index (χ0) is 13.0. The van der Waals surface area contributed by atoms with Gasteiger partial charge in [-0.1, -0.05) is 6.92 Å². The number of hydrogen-bond donors (Lipinski definition) is 2. The first-order valence-electron chi connectivity index (χ1n) is 5.82. The monoisotopic (exact) mass is 264 g/mol. The van der Waals surface area contributed by atoms with E-state index in [4.69, 9.17) is 5.73 Å². The summed E-state index contributed by atoms with van der Waals surface area (Å²) in [6.07, 6.45) is 4.51. The maximum absolute atomic E-state index is 12.0. The summed E-state index contributed by atoms with van der Waals surface area (Å²) in [7, 11) is 0. The number of aryl methyl sites for hydroxylation is 1. The molecular formula is C12H16N4OS. The lowest BCUT2D eigenvalue weighted by Crippen LogP contribution is -2.25. The van der Waals surface area contributed by atoms with Crippen LogP contribution in [0.1, 0.15) is 28.7 Å². The minimum Gasteiger partial charge on any atom is -0.397 e. The van der Waals surface area contributed by atoms with E-state index < -0.39 is 0 Å². The molecule has 3 N–H and O–H groups in total. The van der Waals surface area contributed by atoms with Crippen molar-refractivity contribution in [3.63, 3.8) is 0 Å². The van der Waals surface area contributed by atoms with E-state index in [1.54, 1.807) is 24.0 Å². The van der Waals surface area contributed by atoms with Crippen molar-refractivity contribution in [1.29, 1.82) is 0 Å². The first kappa shape index (κ1) is 12.6. The molecule has 0 aliphatic carbocycles. The normalized spacial score (nSPS) is 10.5. The number of thiazole rings is 1. The number of hydrogen-bond acceptors (Lipinski definition) is 4. The maximum Gasteiger partial charge on any atom is 0.268 e. The molecule has 0 aliphatic rings. The van der Waals surface area contributed by atoms with Gasteiger partial charge >= 0.3 is 0 Å². The van der Waals surface area contributed by atoms with Crippen LogP contribution in [0.2, 0.25) is 0 Å². The third-order valence-electron chi connectivity index (χ3n) is 2.52. The number of aromatic nitrogens is 2. The van der Waals surface area contributed by atoms with E-state index in [-0.39, 0.29) is 5.91 Å². The van der Waals surface area contributed by atoms with Gasteiger partial charge in [-0.3, -0.25) is 9.78 Å².